The maximum Gasteiger partial charge on any atom is 0.338 e. The molecule has 2 aromatic rings. The molecule has 0 fully saturated rings. The van der Waals surface area contributed by atoms with Gasteiger partial charge >= 0.3 is 5.97 Å². The Kier molecular flexibility index (Phi) is 6.11. The van der Waals surface area contributed by atoms with E-state index < -0.39 is 12.0 Å². The summed E-state index contributed by atoms with van der Waals surface area (Å²) in [4.78, 5) is 14.4. The number of thiocarbonyl (C=S) groups is 1. The number of halogens is 1. The Morgan fingerprint density at radius 1 is 1.29 bits per heavy atom. The monoisotopic (exact) mass is 404 g/mol. The zero-order chi connectivity index (χ0) is 20.3. The van der Waals surface area contributed by atoms with Gasteiger partial charge < -0.3 is 24.1 Å². The molecule has 0 aliphatic carbocycles. The number of allylic oxidation sites excluding steroid dienone is 1. The van der Waals surface area contributed by atoms with Crippen LogP contribution in [0.3, 0.4) is 0 Å². The fourth-order valence-corrected chi connectivity index (χ4v) is 3.18. The molecule has 1 aliphatic heterocycles. The predicted octanol–water partition coefficient (Wildman–Crippen LogP) is 3.41. The molecule has 6 nitrogen and oxygen atoms in total. The van der Waals surface area contributed by atoms with Crippen molar-refractivity contribution in [2.45, 2.75) is 13.0 Å². The highest BCUT2D eigenvalue weighted by atomic mass is 32.1. The number of rotatable bonds is 6. The molecule has 0 bridgehead atoms. The Morgan fingerprint density at radius 2 is 2.04 bits per heavy atom. The normalized spacial score (nSPS) is 16.9. The standard InChI is InChI=1S/C20H21FN2O4S/c1-12-17(19(24)26-11-10-25-3)18(22-20(28)23(12)2)16-9-8-15(27-16)13-6-4-5-7-14(13)21/h4-9,18H,10-11H2,1-3H3,(H,22,28). The molecule has 1 aromatic heterocycles. The smallest absolute Gasteiger partial charge is 0.338 e. The Bertz CT molecular complexity index is 924. The molecule has 1 aromatic carbocycles. The topological polar surface area (TPSA) is 63.9 Å². The van der Waals surface area contributed by atoms with E-state index in [0.29, 0.717) is 40.1 Å². The van der Waals surface area contributed by atoms with Crippen molar-refractivity contribution in [2.24, 2.45) is 0 Å². The van der Waals surface area contributed by atoms with Gasteiger partial charge in [-0.25, -0.2) is 9.18 Å². The first-order valence-electron chi connectivity index (χ1n) is 8.69. The average Bonchev–Trinajstić information content (AvgIpc) is 3.16. The van der Waals surface area contributed by atoms with Gasteiger partial charge in [0.05, 0.1) is 17.7 Å². The molecule has 148 valence electrons. The molecular formula is C20H21FN2O4S. The van der Waals surface area contributed by atoms with E-state index in [2.05, 4.69) is 5.32 Å². The molecule has 0 spiro atoms. The summed E-state index contributed by atoms with van der Waals surface area (Å²) < 4.78 is 30.2. The number of hydrogen-bond acceptors (Lipinski definition) is 5. The Hall–Kier alpha value is -2.71. The minimum absolute atomic E-state index is 0.131. The molecule has 1 unspecified atom stereocenters. The van der Waals surface area contributed by atoms with Crippen molar-refractivity contribution in [3.05, 3.63) is 59.2 Å². The van der Waals surface area contributed by atoms with Gasteiger partial charge in [-0.3, -0.25) is 0 Å². The van der Waals surface area contributed by atoms with E-state index in [1.54, 1.807) is 49.2 Å². The maximum atomic E-state index is 14.1. The number of nitrogens with zero attached hydrogens (tertiary/aromatic N) is 1. The summed E-state index contributed by atoms with van der Waals surface area (Å²) in [6.45, 7) is 2.21. The van der Waals surface area contributed by atoms with E-state index in [1.165, 1.54) is 13.2 Å². The second kappa shape index (κ2) is 8.53. The third-order valence-electron chi connectivity index (χ3n) is 4.55. The second-order valence-electron chi connectivity index (χ2n) is 6.25. The number of benzene rings is 1. The van der Waals surface area contributed by atoms with E-state index in [9.17, 15) is 9.18 Å². The maximum absolute atomic E-state index is 14.1. The van der Waals surface area contributed by atoms with Gasteiger partial charge in [-0.1, -0.05) is 12.1 Å². The van der Waals surface area contributed by atoms with E-state index >= 15 is 0 Å². The molecule has 1 atom stereocenters. The molecular weight excluding hydrogens is 383 g/mol. The number of hydrogen-bond donors (Lipinski definition) is 1. The quantitative estimate of drug-likeness (QED) is 0.450. The van der Waals surface area contributed by atoms with Crippen molar-refractivity contribution in [1.82, 2.24) is 10.2 Å². The predicted molar refractivity (Wildman–Crippen MR) is 106 cm³/mol. The van der Waals surface area contributed by atoms with Gasteiger partial charge in [0.25, 0.3) is 0 Å². The lowest BCUT2D eigenvalue weighted by Gasteiger charge is -2.34. The van der Waals surface area contributed by atoms with E-state index in [-0.39, 0.29) is 12.4 Å². The molecule has 1 N–H and O–H groups in total. The molecule has 0 amide bonds. The van der Waals surface area contributed by atoms with Gasteiger partial charge in [0.15, 0.2) is 5.11 Å². The van der Waals surface area contributed by atoms with Gasteiger partial charge in [0, 0.05) is 19.9 Å². The summed E-state index contributed by atoms with van der Waals surface area (Å²) in [7, 11) is 3.29. The van der Waals surface area contributed by atoms with Gasteiger partial charge in [-0.05, 0) is 43.4 Å². The molecule has 2 heterocycles. The number of methoxy groups -OCH3 is 1. The average molecular weight is 404 g/mol. The summed E-state index contributed by atoms with van der Waals surface area (Å²) in [5.74, 6) is -0.0809. The molecule has 1 aliphatic rings. The van der Waals surface area contributed by atoms with Gasteiger partial charge in [-0.15, -0.1) is 0 Å². The molecule has 3 rings (SSSR count). The summed E-state index contributed by atoms with van der Waals surface area (Å²) in [6.07, 6.45) is 0. The fourth-order valence-electron chi connectivity index (χ4n) is 2.92. The first kappa shape index (κ1) is 20.0. The number of esters is 1. The summed E-state index contributed by atoms with van der Waals surface area (Å²) in [5, 5.41) is 3.54. The zero-order valence-electron chi connectivity index (χ0n) is 15.8. The van der Waals surface area contributed by atoms with Crippen LogP contribution < -0.4 is 5.32 Å². The van der Waals surface area contributed by atoms with Gasteiger partial charge in [0.1, 0.15) is 30.0 Å². The van der Waals surface area contributed by atoms with Crippen LogP contribution in [0.25, 0.3) is 11.3 Å². The highest BCUT2D eigenvalue weighted by molar-refractivity contribution is 7.80. The van der Waals surface area contributed by atoms with Crippen LogP contribution in [0, 0.1) is 5.82 Å². The lowest BCUT2D eigenvalue weighted by atomic mass is 10.0. The number of furan rings is 1. The third-order valence-corrected chi connectivity index (χ3v) is 4.94. The van der Waals surface area contributed by atoms with Crippen molar-refractivity contribution in [3.8, 4) is 11.3 Å². The second-order valence-corrected chi connectivity index (χ2v) is 6.64. The lowest BCUT2D eigenvalue weighted by Crippen LogP contribution is -2.46. The van der Waals surface area contributed by atoms with Crippen LogP contribution in [0.1, 0.15) is 18.7 Å². The van der Waals surface area contributed by atoms with Crippen molar-refractivity contribution < 1.29 is 23.1 Å². The van der Waals surface area contributed by atoms with E-state index in [1.807, 2.05) is 0 Å². The summed E-state index contributed by atoms with van der Waals surface area (Å²) >= 11 is 5.36. The fraction of sp³-hybridized carbons (Fsp3) is 0.300. The van der Waals surface area contributed by atoms with Crippen molar-refractivity contribution >= 4 is 23.3 Å². The highest BCUT2D eigenvalue weighted by Gasteiger charge is 2.35. The number of nitrogens with one attached hydrogen (secondary N) is 1. The van der Waals surface area contributed by atoms with Crippen LogP contribution in [0.4, 0.5) is 4.39 Å². The van der Waals surface area contributed by atoms with E-state index in [4.69, 9.17) is 26.1 Å². The Balaban J connectivity index is 1.95. The molecule has 8 heteroatoms. The molecule has 0 radical (unpaired) electrons. The van der Waals surface area contributed by atoms with Gasteiger partial charge in [-0.2, -0.15) is 0 Å². The first-order valence-corrected chi connectivity index (χ1v) is 9.10. The van der Waals surface area contributed by atoms with Crippen LogP contribution >= 0.6 is 12.2 Å². The Morgan fingerprint density at radius 3 is 2.75 bits per heavy atom. The lowest BCUT2D eigenvalue weighted by molar-refractivity contribution is -0.141. The summed E-state index contributed by atoms with van der Waals surface area (Å²) in [6, 6.07) is 9.06. The minimum Gasteiger partial charge on any atom is -0.460 e. The van der Waals surface area contributed by atoms with Crippen LogP contribution in [0.5, 0.6) is 0 Å². The SMILES string of the molecule is COCCOC(=O)C1=C(C)N(C)C(=S)NC1c1ccc(-c2ccccc2F)o1. The molecule has 0 saturated carbocycles. The summed E-state index contributed by atoms with van der Waals surface area (Å²) in [5.41, 5.74) is 1.37. The first-order chi connectivity index (χ1) is 13.4. The minimum atomic E-state index is -0.640. The number of carbonyl (C=O) groups is 1. The third kappa shape index (κ3) is 3.93. The zero-order valence-corrected chi connectivity index (χ0v) is 16.6. The van der Waals surface area contributed by atoms with Crippen LogP contribution in [-0.2, 0) is 14.3 Å². The molecule has 28 heavy (non-hydrogen) atoms. The molecule has 0 saturated heterocycles. The van der Waals surface area contributed by atoms with Gasteiger partial charge in [0.2, 0.25) is 0 Å². The number of carbonyl (C=O) groups excluding carboxylic acids is 1. The van der Waals surface area contributed by atoms with Crippen LogP contribution in [-0.4, -0.2) is 43.4 Å². The van der Waals surface area contributed by atoms with E-state index in [0.717, 1.165) is 0 Å². The van der Waals surface area contributed by atoms with Crippen molar-refractivity contribution in [2.75, 3.05) is 27.4 Å². The highest BCUT2D eigenvalue weighted by Crippen LogP contribution is 2.34. The van der Waals surface area contributed by atoms with Crippen molar-refractivity contribution in [1.29, 1.82) is 0 Å². The van der Waals surface area contributed by atoms with Crippen LogP contribution in [0.15, 0.2) is 52.1 Å². The largest absolute Gasteiger partial charge is 0.460 e. The Labute approximate surface area is 167 Å². The van der Waals surface area contributed by atoms with Crippen molar-refractivity contribution in [3.63, 3.8) is 0 Å². The van der Waals surface area contributed by atoms with Crippen LogP contribution in [0.2, 0.25) is 0 Å². The number of ether oxygens (including phenoxy) is 2.